The number of likely N-dealkylation sites (N-methyl/N-ethyl adjacent to an activating group) is 3. The number of pyridine rings is 1. The van der Waals surface area contributed by atoms with Crippen LogP contribution in [0.5, 0.6) is 5.75 Å². The Balaban J connectivity index is 1.02. The first-order valence-electron chi connectivity index (χ1n) is 45.5. The van der Waals surface area contributed by atoms with Crippen LogP contribution in [-0.2, 0) is 114 Å². The predicted octanol–water partition coefficient (Wildman–Crippen LogP) is -0.525. The standard InChI is InChI=1S/C93H124N22O19S/c1-9-11-25-73-86(127)103-64(38-55-20-17-33-96-43-55)82(123)110-72(81(122)100-47-78(95)119)49-135-50-79(120)102-68(37-54-29-31-59(117)32-30-54)89(130)111(6)53(5)80(121)106-70(42-77(94)118)92(133)115-35-19-28-75(115)88(129)105-66(41-58-46-97-51-101-58)84(125)107-67(36-52(3)4)91(132)114-34-18-27-74(114)87(128)104-65(39-56-44-98-62-23-15-13-21-60(56)62)83(124)109-71(48-116)85(126)108-69(40-57-45-99-63-24-16-14-22-61(57)63)90(131)113(8)76(26-12-10-2)93(134)112(73)7/h13-17,20-24,29-33,43-46,51-53,64-76,98-99,116-117H,9-12,18-19,25-28,34-42,47-50H2,1-8H3,(H2,94,118)(H2,95,119)(H,97,101)(H,100,122)(H,102,120)(H,103,127)(H,104,128)(H,105,129)(H,106,121)(H,107,125)(H,108,126)(H,109,124)(H,110,123)/t53-,64-,65-,66-,67-,68-,69-,70?,71-,72?,73-,74?,75?,76-/m0/s1. The number of rotatable bonds is 24. The number of aromatic nitrogens is 5. The summed E-state index contributed by atoms with van der Waals surface area (Å²) >= 11 is 0.783. The van der Waals surface area contributed by atoms with Crippen LogP contribution < -0.4 is 64.6 Å². The number of nitrogens with zero attached hydrogens (tertiary/aromatic N) is 7. The van der Waals surface area contributed by atoms with E-state index in [1.54, 1.807) is 86.9 Å². The normalized spacial score (nSPS) is 24.2. The zero-order chi connectivity index (χ0) is 97.9. The van der Waals surface area contributed by atoms with E-state index < -0.39 is 216 Å². The van der Waals surface area contributed by atoms with Gasteiger partial charge in [0.2, 0.25) is 100 Å². The van der Waals surface area contributed by atoms with E-state index in [-0.39, 0.29) is 102 Å². The van der Waals surface area contributed by atoms with E-state index in [0.29, 0.717) is 75.4 Å². The lowest BCUT2D eigenvalue weighted by Gasteiger charge is -2.36. The highest BCUT2D eigenvalue weighted by Crippen LogP contribution is 2.28. The molecule has 42 heteroatoms. The SMILES string of the molecule is CCCC[C@H]1C(=O)N(C)[C@@H](CCCC)C(=O)N[C@@H](Cc2cccnc2)C(=O)NC(C(=O)NCC(N)=O)CSCC(=O)N[C@@H](Cc2ccc(O)cc2)C(=O)N(C)[C@@H](C)C(=O)NC(CC(N)=O)C(=O)N2CCCC2C(=O)N[C@@H](Cc2cnc[nH]2)C(=O)N[C@@H](CC(C)C)C(=O)N2CCCC2C(=O)N[C@@H](Cc2c[nH]c3ccccc23)C(=O)N[C@@H](CO)C(=O)N[C@@H](Cc2c[nH]c3ccccc23)C(=O)N1C. The van der Waals surface area contributed by atoms with Crippen LogP contribution in [0.4, 0.5) is 0 Å². The zero-order valence-electron chi connectivity index (χ0n) is 77.0. The summed E-state index contributed by atoms with van der Waals surface area (Å²) in [5.41, 5.74) is 14.8. The van der Waals surface area contributed by atoms with Gasteiger partial charge < -0.3 is 114 Å². The number of nitrogens with two attached hydrogens (primary N) is 2. The molecule has 14 atom stereocenters. The molecule has 17 amide bonds. The molecule has 41 nitrogen and oxygen atoms in total. The molecule has 4 aromatic heterocycles. The molecule has 3 aromatic carbocycles. The molecule has 135 heavy (non-hydrogen) atoms. The van der Waals surface area contributed by atoms with Crippen molar-refractivity contribution in [1.29, 1.82) is 0 Å². The van der Waals surface area contributed by atoms with Gasteiger partial charge in [0.15, 0.2) is 0 Å². The second kappa shape index (κ2) is 49.3. The molecule has 10 rings (SSSR count). The molecule has 3 aliphatic heterocycles. The molecule has 726 valence electrons. The largest absolute Gasteiger partial charge is 0.508 e. The number of para-hydroxylation sites is 2. The van der Waals surface area contributed by atoms with Gasteiger partial charge in [0, 0.05) is 131 Å². The Hall–Kier alpha value is -13.8. The summed E-state index contributed by atoms with van der Waals surface area (Å²) < 4.78 is 0. The summed E-state index contributed by atoms with van der Waals surface area (Å²) in [6.07, 6.45) is 9.15. The fraction of sp³-hybridized carbons (Fsp3) is 0.495. The number of carbonyl (C=O) groups is 17. The van der Waals surface area contributed by atoms with Crippen LogP contribution >= 0.6 is 11.8 Å². The van der Waals surface area contributed by atoms with Crippen molar-refractivity contribution in [3.63, 3.8) is 0 Å². The average molecular weight is 1890 g/mol. The van der Waals surface area contributed by atoms with Gasteiger partial charge in [0.05, 0.1) is 31.7 Å². The van der Waals surface area contributed by atoms with Crippen LogP contribution in [0, 0.1) is 5.92 Å². The molecule has 0 bridgehead atoms. The highest BCUT2D eigenvalue weighted by Gasteiger charge is 2.46. The Morgan fingerprint density at radius 1 is 0.504 bits per heavy atom. The molecule has 3 saturated heterocycles. The Labute approximate surface area is 784 Å². The lowest BCUT2D eigenvalue weighted by atomic mass is 10.00. The first kappa shape index (κ1) is 103. The van der Waals surface area contributed by atoms with E-state index in [0.717, 1.165) is 21.6 Å². The summed E-state index contributed by atoms with van der Waals surface area (Å²) in [7, 11) is 3.97. The second-order valence-corrected chi connectivity index (χ2v) is 35.9. The molecule has 7 aromatic rings. The van der Waals surface area contributed by atoms with E-state index >= 15 is 43.2 Å². The number of unbranched alkanes of at least 4 members (excludes halogenated alkanes) is 2. The number of hydrogen-bond acceptors (Lipinski definition) is 22. The maximum absolute atomic E-state index is 15.8. The van der Waals surface area contributed by atoms with Gasteiger partial charge in [-0.25, -0.2) is 4.98 Å². The third kappa shape index (κ3) is 28.2. The molecule has 7 heterocycles. The fourth-order valence-corrected chi connectivity index (χ4v) is 17.8. The van der Waals surface area contributed by atoms with E-state index in [1.165, 1.54) is 91.9 Å². The third-order valence-corrected chi connectivity index (χ3v) is 25.5. The molecular formula is C93H124N22O19S. The number of phenols is 1. The van der Waals surface area contributed by atoms with Gasteiger partial charge in [-0.2, -0.15) is 0 Å². The molecular weight excluding hydrogens is 1760 g/mol. The number of benzene rings is 3. The summed E-state index contributed by atoms with van der Waals surface area (Å²) in [4.78, 5) is 274. The molecule has 19 N–H and O–H groups in total. The van der Waals surface area contributed by atoms with Crippen LogP contribution in [0.1, 0.15) is 140 Å². The van der Waals surface area contributed by atoms with Crippen molar-refractivity contribution in [1.82, 2.24) is 103 Å². The van der Waals surface area contributed by atoms with Gasteiger partial charge in [-0.1, -0.05) is 108 Å². The zero-order valence-corrected chi connectivity index (χ0v) is 77.8. The van der Waals surface area contributed by atoms with Crippen LogP contribution in [0.2, 0.25) is 0 Å². The van der Waals surface area contributed by atoms with Crippen molar-refractivity contribution >= 4 is 134 Å². The summed E-state index contributed by atoms with van der Waals surface area (Å²) in [6, 6.07) is 1.99. The number of carbonyl (C=O) groups excluding carboxylic acids is 17. The molecule has 0 radical (unpaired) electrons. The lowest BCUT2D eigenvalue weighted by Crippen LogP contribution is -2.62. The Morgan fingerprint density at radius 2 is 1.01 bits per heavy atom. The number of aromatic amines is 3. The summed E-state index contributed by atoms with van der Waals surface area (Å²) in [6.45, 7) is 6.73. The van der Waals surface area contributed by atoms with E-state index in [9.17, 15) is 48.6 Å². The minimum absolute atomic E-state index is 0.00158. The van der Waals surface area contributed by atoms with Gasteiger partial charge in [0.25, 0.3) is 0 Å². The van der Waals surface area contributed by atoms with Crippen LogP contribution in [0.15, 0.2) is 122 Å². The Bertz CT molecular complexity index is 5370. The molecule has 0 aliphatic carbocycles. The number of thioether (sulfide) groups is 1. The Kier molecular flexibility index (Phi) is 37.7. The highest BCUT2D eigenvalue weighted by molar-refractivity contribution is 8.00. The number of fused-ring (bicyclic) bond motifs is 4. The van der Waals surface area contributed by atoms with Crippen molar-refractivity contribution in [2.45, 2.75) is 228 Å². The Morgan fingerprint density at radius 3 is 1.57 bits per heavy atom. The van der Waals surface area contributed by atoms with Crippen LogP contribution in [-0.4, -0.2) is 304 Å². The van der Waals surface area contributed by atoms with Gasteiger partial charge >= 0.3 is 0 Å². The van der Waals surface area contributed by atoms with E-state index in [1.807, 2.05) is 13.8 Å². The third-order valence-electron chi connectivity index (χ3n) is 24.5. The fourth-order valence-electron chi connectivity index (χ4n) is 17.0. The second-order valence-electron chi connectivity index (χ2n) is 34.9. The topological polar surface area (TPSA) is 592 Å². The molecule has 0 spiro atoms. The average Bonchev–Trinajstić information content (AvgIpc) is 1.72. The quantitative estimate of drug-likeness (QED) is 0.0362. The summed E-state index contributed by atoms with van der Waals surface area (Å²) in [5, 5.41) is 49.7. The van der Waals surface area contributed by atoms with Gasteiger partial charge in [0.1, 0.15) is 90.3 Å². The van der Waals surface area contributed by atoms with Crippen molar-refractivity contribution in [3.05, 3.63) is 150 Å². The number of aliphatic hydroxyl groups excluding tert-OH is 1. The number of H-pyrrole nitrogens is 3. The monoisotopic (exact) mass is 1880 g/mol. The number of imidazole rings is 1. The molecule has 3 aliphatic rings. The highest BCUT2D eigenvalue weighted by atomic mass is 32.2. The number of nitrogens with one attached hydrogen (secondary N) is 13. The van der Waals surface area contributed by atoms with Gasteiger partial charge in [-0.3, -0.25) is 86.5 Å². The predicted molar refractivity (Wildman–Crippen MR) is 497 cm³/mol. The number of aromatic hydroxyl groups is 1. The lowest BCUT2D eigenvalue weighted by molar-refractivity contribution is -0.149. The van der Waals surface area contributed by atoms with E-state index in [4.69, 9.17) is 11.5 Å². The first-order chi connectivity index (χ1) is 64.6. The summed E-state index contributed by atoms with van der Waals surface area (Å²) in [5.74, 6) is -16.7. The van der Waals surface area contributed by atoms with Gasteiger partial charge in [-0.15, -0.1) is 11.8 Å². The minimum Gasteiger partial charge on any atom is -0.508 e. The van der Waals surface area contributed by atoms with Crippen LogP contribution in [0.3, 0.4) is 0 Å². The first-order valence-corrected chi connectivity index (χ1v) is 46.6. The molecule has 0 saturated carbocycles. The number of amides is 17. The molecule has 4 unspecified atom stereocenters. The van der Waals surface area contributed by atoms with Crippen molar-refractivity contribution in [2.24, 2.45) is 17.4 Å². The maximum atomic E-state index is 15.8. The van der Waals surface area contributed by atoms with E-state index in [2.05, 4.69) is 78.1 Å². The molecule has 3 fully saturated rings. The number of hydrogen-bond donors (Lipinski definition) is 17. The maximum Gasteiger partial charge on any atom is 0.246 e. The van der Waals surface area contributed by atoms with Gasteiger partial charge in [-0.05, 0) is 110 Å². The number of aliphatic hydroxyl groups is 1. The van der Waals surface area contributed by atoms with Crippen molar-refractivity contribution in [3.8, 4) is 5.75 Å². The minimum atomic E-state index is -1.84. The number of primary amides is 2. The number of phenolic OH excluding ortho intramolecular Hbond substituents is 1. The van der Waals surface area contributed by atoms with Crippen LogP contribution in [0.25, 0.3) is 21.8 Å². The smallest absolute Gasteiger partial charge is 0.246 e. The van der Waals surface area contributed by atoms with Crippen molar-refractivity contribution in [2.75, 3.05) is 58.9 Å². The van der Waals surface area contributed by atoms with Crippen molar-refractivity contribution < 1.29 is 91.7 Å².